The lowest BCUT2D eigenvalue weighted by atomic mass is 9.98. The van der Waals surface area contributed by atoms with Crippen LogP contribution in [-0.2, 0) is 9.59 Å². The molecule has 136 valence electrons. The van der Waals surface area contributed by atoms with E-state index < -0.39 is 18.5 Å². The van der Waals surface area contributed by atoms with Crippen molar-refractivity contribution < 1.29 is 33.0 Å². The summed E-state index contributed by atoms with van der Waals surface area (Å²) in [4.78, 5) is 24.7. The minimum atomic E-state index is -2.96. The molecule has 0 radical (unpaired) electrons. The number of benzene rings is 1. The number of nitrogens with zero attached hydrogens (tertiary/aromatic N) is 1. The van der Waals surface area contributed by atoms with Gasteiger partial charge in [0.15, 0.2) is 11.5 Å². The van der Waals surface area contributed by atoms with Gasteiger partial charge in [-0.1, -0.05) is 6.07 Å². The Morgan fingerprint density at radius 2 is 2.12 bits per heavy atom. The van der Waals surface area contributed by atoms with Gasteiger partial charge in [-0.3, -0.25) is 9.59 Å². The van der Waals surface area contributed by atoms with Gasteiger partial charge < -0.3 is 19.5 Å². The number of carbonyl (C=O) groups excluding carboxylic acids is 1. The molecule has 1 aromatic carbocycles. The molecule has 0 aromatic heterocycles. The van der Waals surface area contributed by atoms with Crippen molar-refractivity contribution in [3.05, 3.63) is 29.8 Å². The molecule has 0 bridgehead atoms. The van der Waals surface area contributed by atoms with Gasteiger partial charge in [-0.2, -0.15) is 8.78 Å². The van der Waals surface area contributed by atoms with Crippen LogP contribution in [0.2, 0.25) is 0 Å². The molecular weight excluding hydrogens is 336 g/mol. The van der Waals surface area contributed by atoms with E-state index >= 15 is 0 Å². The molecule has 25 heavy (non-hydrogen) atoms. The third-order valence-electron chi connectivity index (χ3n) is 3.90. The molecule has 1 aliphatic heterocycles. The fourth-order valence-corrected chi connectivity index (χ4v) is 2.63. The predicted octanol–water partition coefficient (Wildman–Crippen LogP) is 2.63. The Labute approximate surface area is 143 Å². The van der Waals surface area contributed by atoms with E-state index in [9.17, 15) is 18.4 Å². The molecule has 1 fully saturated rings. The van der Waals surface area contributed by atoms with Crippen LogP contribution in [0.5, 0.6) is 11.5 Å². The topological polar surface area (TPSA) is 76.1 Å². The van der Waals surface area contributed by atoms with E-state index in [1.807, 2.05) is 0 Å². The van der Waals surface area contributed by atoms with Crippen molar-refractivity contribution in [2.24, 2.45) is 5.92 Å². The Bertz CT molecular complexity index is 662. The molecule has 1 saturated heterocycles. The van der Waals surface area contributed by atoms with E-state index in [1.165, 1.54) is 42.4 Å². The van der Waals surface area contributed by atoms with E-state index in [2.05, 4.69) is 4.74 Å². The summed E-state index contributed by atoms with van der Waals surface area (Å²) in [5.41, 5.74) is 0.568. The third-order valence-corrected chi connectivity index (χ3v) is 3.90. The lowest BCUT2D eigenvalue weighted by Crippen LogP contribution is -2.41. The Kier molecular flexibility index (Phi) is 6.32. The maximum atomic E-state index is 12.3. The lowest BCUT2D eigenvalue weighted by molar-refractivity contribution is -0.144. The minimum Gasteiger partial charge on any atom is -0.493 e. The first-order chi connectivity index (χ1) is 11.9. The fourth-order valence-electron chi connectivity index (χ4n) is 2.63. The van der Waals surface area contributed by atoms with Crippen LogP contribution in [0.15, 0.2) is 24.3 Å². The van der Waals surface area contributed by atoms with Crippen LogP contribution in [-0.4, -0.2) is 48.7 Å². The van der Waals surface area contributed by atoms with E-state index in [4.69, 9.17) is 9.84 Å². The highest BCUT2D eigenvalue weighted by Gasteiger charge is 2.27. The number of carbonyl (C=O) groups is 2. The molecule has 6 nitrogen and oxygen atoms in total. The number of carboxylic acids is 1. The van der Waals surface area contributed by atoms with Gasteiger partial charge in [0.25, 0.3) is 0 Å². The number of amides is 1. The first kappa shape index (κ1) is 18.7. The van der Waals surface area contributed by atoms with Crippen molar-refractivity contribution in [2.45, 2.75) is 19.5 Å². The number of likely N-dealkylation sites (tertiary alicyclic amines) is 1. The zero-order chi connectivity index (χ0) is 18.4. The van der Waals surface area contributed by atoms with Crippen LogP contribution in [0.4, 0.5) is 8.78 Å². The molecule has 1 aromatic rings. The van der Waals surface area contributed by atoms with Crippen LogP contribution in [0, 0.1) is 5.92 Å². The van der Waals surface area contributed by atoms with Crippen molar-refractivity contribution >= 4 is 18.0 Å². The number of carboxylic acid groups (broad SMARTS) is 1. The molecule has 0 saturated carbocycles. The van der Waals surface area contributed by atoms with Gasteiger partial charge in [-0.15, -0.1) is 0 Å². The predicted molar refractivity (Wildman–Crippen MR) is 85.6 cm³/mol. The second kappa shape index (κ2) is 8.46. The van der Waals surface area contributed by atoms with Crippen molar-refractivity contribution in [1.82, 2.24) is 4.90 Å². The summed E-state index contributed by atoms with van der Waals surface area (Å²) >= 11 is 0. The summed E-state index contributed by atoms with van der Waals surface area (Å²) in [6.45, 7) is -2.27. The smallest absolute Gasteiger partial charge is 0.387 e. The van der Waals surface area contributed by atoms with Gasteiger partial charge in [0.1, 0.15) is 0 Å². The molecule has 0 aliphatic carbocycles. The number of ether oxygens (including phenoxy) is 2. The number of methoxy groups -OCH3 is 1. The van der Waals surface area contributed by atoms with Gasteiger partial charge in [-0.25, -0.2) is 0 Å². The summed E-state index contributed by atoms with van der Waals surface area (Å²) in [5, 5.41) is 9.06. The summed E-state index contributed by atoms with van der Waals surface area (Å²) in [5.74, 6) is -1.71. The van der Waals surface area contributed by atoms with Gasteiger partial charge in [0, 0.05) is 19.2 Å². The summed E-state index contributed by atoms with van der Waals surface area (Å²) in [7, 11) is 1.33. The largest absolute Gasteiger partial charge is 0.493 e. The minimum absolute atomic E-state index is 0.0960. The van der Waals surface area contributed by atoms with Crippen LogP contribution in [0.1, 0.15) is 18.4 Å². The number of piperidine rings is 1. The maximum absolute atomic E-state index is 12.3. The maximum Gasteiger partial charge on any atom is 0.387 e. The Morgan fingerprint density at radius 3 is 2.76 bits per heavy atom. The van der Waals surface area contributed by atoms with Crippen molar-refractivity contribution in [3.63, 3.8) is 0 Å². The van der Waals surface area contributed by atoms with E-state index in [-0.39, 0.29) is 24.0 Å². The van der Waals surface area contributed by atoms with E-state index in [0.29, 0.717) is 24.9 Å². The molecule has 1 N–H and O–H groups in total. The van der Waals surface area contributed by atoms with Gasteiger partial charge in [0.05, 0.1) is 13.0 Å². The van der Waals surface area contributed by atoms with Crippen molar-refractivity contribution in [2.75, 3.05) is 20.2 Å². The van der Waals surface area contributed by atoms with Crippen LogP contribution < -0.4 is 9.47 Å². The van der Waals surface area contributed by atoms with Gasteiger partial charge in [0.2, 0.25) is 5.91 Å². The normalized spacial score (nSPS) is 17.8. The standard InChI is InChI=1S/C17H19F2NO5/c1-24-14-9-11(4-6-13(14)25-17(18)19)5-7-15(21)20-8-2-3-12(10-20)16(22)23/h4-7,9,12,17H,2-3,8,10H2,1H3,(H,22,23)/b7-5+. The number of alkyl halides is 2. The second-order valence-corrected chi connectivity index (χ2v) is 5.58. The highest BCUT2D eigenvalue weighted by Crippen LogP contribution is 2.30. The monoisotopic (exact) mass is 355 g/mol. The average Bonchev–Trinajstić information content (AvgIpc) is 2.60. The Morgan fingerprint density at radius 1 is 1.36 bits per heavy atom. The Balaban J connectivity index is 2.05. The molecule has 1 atom stereocenters. The molecule has 2 rings (SSSR count). The fraction of sp³-hybridized carbons (Fsp3) is 0.412. The first-order valence-corrected chi connectivity index (χ1v) is 7.73. The summed E-state index contributed by atoms with van der Waals surface area (Å²) in [6, 6.07) is 4.31. The second-order valence-electron chi connectivity index (χ2n) is 5.58. The molecule has 1 amide bonds. The Hall–Kier alpha value is -2.64. The molecule has 0 spiro atoms. The molecule has 1 aliphatic rings. The van der Waals surface area contributed by atoms with E-state index in [1.54, 1.807) is 0 Å². The molecule has 1 unspecified atom stereocenters. The van der Waals surface area contributed by atoms with E-state index in [0.717, 1.165) is 0 Å². The van der Waals surface area contributed by atoms with Crippen LogP contribution >= 0.6 is 0 Å². The summed E-state index contributed by atoms with van der Waals surface area (Å²) in [6.07, 6.45) is 4.05. The zero-order valence-corrected chi connectivity index (χ0v) is 13.7. The lowest BCUT2D eigenvalue weighted by Gasteiger charge is -2.29. The van der Waals surface area contributed by atoms with Crippen LogP contribution in [0.25, 0.3) is 6.08 Å². The zero-order valence-electron chi connectivity index (χ0n) is 13.7. The third kappa shape index (κ3) is 5.17. The SMILES string of the molecule is COc1cc(/C=C/C(=O)N2CCCC(C(=O)O)C2)ccc1OC(F)F. The van der Waals surface area contributed by atoms with Crippen molar-refractivity contribution in [3.8, 4) is 11.5 Å². The molecular formula is C17H19F2NO5. The number of hydrogen-bond acceptors (Lipinski definition) is 4. The number of rotatable bonds is 6. The highest BCUT2D eigenvalue weighted by atomic mass is 19.3. The number of halogens is 2. The van der Waals surface area contributed by atoms with Crippen LogP contribution in [0.3, 0.4) is 0 Å². The first-order valence-electron chi connectivity index (χ1n) is 7.73. The van der Waals surface area contributed by atoms with Gasteiger partial charge >= 0.3 is 12.6 Å². The average molecular weight is 355 g/mol. The van der Waals surface area contributed by atoms with Crippen molar-refractivity contribution in [1.29, 1.82) is 0 Å². The molecule has 8 heteroatoms. The number of hydrogen-bond donors (Lipinski definition) is 1. The quantitative estimate of drug-likeness (QED) is 0.794. The summed E-state index contributed by atoms with van der Waals surface area (Å²) < 4.78 is 33.9. The molecule has 1 heterocycles. The van der Waals surface area contributed by atoms with Gasteiger partial charge in [-0.05, 0) is 36.6 Å². The number of aliphatic carboxylic acids is 1. The highest BCUT2D eigenvalue weighted by molar-refractivity contribution is 5.92.